The number of anilines is 1. The van der Waals surface area contributed by atoms with Crippen LogP contribution in [0.2, 0.25) is 5.02 Å². The first-order valence-electron chi connectivity index (χ1n) is 8.24. The summed E-state index contributed by atoms with van der Waals surface area (Å²) >= 11 is 6.08. The quantitative estimate of drug-likeness (QED) is 0.813. The lowest BCUT2D eigenvalue weighted by Gasteiger charge is -2.10. The van der Waals surface area contributed by atoms with Crippen LogP contribution in [0, 0.1) is 5.92 Å². The first-order chi connectivity index (χ1) is 11.7. The van der Waals surface area contributed by atoms with E-state index >= 15 is 0 Å². The Morgan fingerprint density at radius 3 is 2.71 bits per heavy atom. The van der Waals surface area contributed by atoms with Crippen LogP contribution in [0.15, 0.2) is 48.5 Å². The third-order valence-corrected chi connectivity index (χ3v) is 4.46. The van der Waals surface area contributed by atoms with Crippen molar-refractivity contribution in [3.8, 4) is 11.5 Å². The van der Waals surface area contributed by atoms with Gasteiger partial charge in [0.1, 0.15) is 11.5 Å². The van der Waals surface area contributed by atoms with Crippen LogP contribution in [0.25, 0.3) is 0 Å². The Bertz CT molecular complexity index is 682. The molecule has 5 heteroatoms. The molecule has 0 spiro atoms. The van der Waals surface area contributed by atoms with Crippen LogP contribution < -0.4 is 15.4 Å². The zero-order valence-electron chi connectivity index (χ0n) is 13.4. The van der Waals surface area contributed by atoms with Crippen LogP contribution in [0.1, 0.15) is 19.3 Å². The van der Waals surface area contributed by atoms with Crippen LogP contribution in [-0.4, -0.2) is 19.0 Å². The van der Waals surface area contributed by atoms with E-state index in [-0.39, 0.29) is 5.91 Å². The molecule has 2 N–H and O–H groups in total. The molecule has 1 unspecified atom stereocenters. The number of nitrogens with one attached hydrogen (secondary N) is 2. The number of carbonyl (C=O) groups is 1. The Morgan fingerprint density at radius 1 is 1.21 bits per heavy atom. The zero-order valence-corrected chi connectivity index (χ0v) is 14.2. The van der Waals surface area contributed by atoms with Gasteiger partial charge in [-0.25, -0.2) is 0 Å². The maximum absolute atomic E-state index is 12.0. The van der Waals surface area contributed by atoms with Gasteiger partial charge in [-0.15, -0.1) is 0 Å². The van der Waals surface area contributed by atoms with Crippen LogP contribution in [-0.2, 0) is 4.79 Å². The summed E-state index contributed by atoms with van der Waals surface area (Å²) in [5.41, 5.74) is 0.774. The van der Waals surface area contributed by atoms with Crippen LogP contribution in [0.3, 0.4) is 0 Å². The van der Waals surface area contributed by atoms with Gasteiger partial charge in [-0.1, -0.05) is 23.7 Å². The smallest absolute Gasteiger partial charge is 0.224 e. The Morgan fingerprint density at radius 2 is 2.00 bits per heavy atom. The predicted octanol–water partition coefficient (Wildman–Crippen LogP) is 4.46. The number of ether oxygens (including phenoxy) is 1. The van der Waals surface area contributed by atoms with Crippen LogP contribution >= 0.6 is 11.6 Å². The monoisotopic (exact) mass is 344 g/mol. The van der Waals surface area contributed by atoms with Crippen molar-refractivity contribution in [3.05, 3.63) is 53.6 Å². The van der Waals surface area contributed by atoms with Gasteiger partial charge in [0.25, 0.3) is 0 Å². The van der Waals surface area contributed by atoms with E-state index in [9.17, 15) is 4.79 Å². The fourth-order valence-electron chi connectivity index (χ4n) is 2.78. The molecule has 1 atom stereocenters. The molecule has 2 aromatic carbocycles. The molecule has 4 nitrogen and oxygen atoms in total. The molecule has 0 bridgehead atoms. The highest BCUT2D eigenvalue weighted by atomic mass is 35.5. The molecular formula is C19H21ClN2O2. The SMILES string of the molecule is O=C(CCC1CCNC1)Nc1ccc(Oc2ccccc2Cl)cc1. The number of carbonyl (C=O) groups excluding carboxylic acids is 1. The molecule has 2 aromatic rings. The lowest BCUT2D eigenvalue weighted by Crippen LogP contribution is -2.14. The van der Waals surface area contributed by atoms with Gasteiger partial charge < -0.3 is 15.4 Å². The van der Waals surface area contributed by atoms with E-state index in [1.54, 1.807) is 6.07 Å². The maximum atomic E-state index is 12.0. The molecule has 3 rings (SSSR count). The fourth-order valence-corrected chi connectivity index (χ4v) is 2.95. The highest BCUT2D eigenvalue weighted by molar-refractivity contribution is 6.32. The van der Waals surface area contributed by atoms with Crippen molar-refractivity contribution in [2.24, 2.45) is 5.92 Å². The van der Waals surface area contributed by atoms with Gasteiger partial charge in [-0.3, -0.25) is 4.79 Å². The van der Waals surface area contributed by atoms with Crippen molar-refractivity contribution < 1.29 is 9.53 Å². The molecule has 0 aliphatic carbocycles. The first-order valence-corrected chi connectivity index (χ1v) is 8.61. The summed E-state index contributed by atoms with van der Waals surface area (Å²) < 4.78 is 5.73. The molecule has 1 amide bonds. The summed E-state index contributed by atoms with van der Waals surface area (Å²) in [6.07, 6.45) is 2.66. The highest BCUT2D eigenvalue weighted by Gasteiger charge is 2.15. The van der Waals surface area contributed by atoms with Crippen molar-refractivity contribution in [1.82, 2.24) is 5.32 Å². The Kier molecular flexibility index (Phi) is 5.72. The van der Waals surface area contributed by atoms with Gasteiger partial charge in [0.15, 0.2) is 0 Å². The highest BCUT2D eigenvalue weighted by Crippen LogP contribution is 2.29. The molecule has 1 heterocycles. The largest absolute Gasteiger partial charge is 0.456 e. The molecule has 1 fully saturated rings. The van der Waals surface area contributed by atoms with Crippen LogP contribution in [0.4, 0.5) is 5.69 Å². The Labute approximate surface area is 147 Å². The second kappa shape index (κ2) is 8.18. The average Bonchev–Trinajstić information content (AvgIpc) is 3.10. The minimum atomic E-state index is 0.0571. The minimum Gasteiger partial charge on any atom is -0.456 e. The number of rotatable bonds is 6. The molecule has 126 valence electrons. The molecule has 0 radical (unpaired) electrons. The molecule has 24 heavy (non-hydrogen) atoms. The minimum absolute atomic E-state index is 0.0571. The van der Waals surface area contributed by atoms with Gasteiger partial charge in [0.2, 0.25) is 5.91 Å². The number of para-hydroxylation sites is 1. The second-order valence-corrected chi connectivity index (χ2v) is 6.41. The molecule has 0 saturated carbocycles. The maximum Gasteiger partial charge on any atom is 0.224 e. The number of hydrogen-bond acceptors (Lipinski definition) is 3. The van der Waals surface area contributed by atoms with Crippen molar-refractivity contribution in [2.75, 3.05) is 18.4 Å². The van der Waals surface area contributed by atoms with Crippen molar-refractivity contribution >= 4 is 23.2 Å². The average molecular weight is 345 g/mol. The van der Waals surface area contributed by atoms with Gasteiger partial charge in [-0.2, -0.15) is 0 Å². The van der Waals surface area contributed by atoms with E-state index in [0.29, 0.717) is 28.9 Å². The number of benzene rings is 2. The lowest BCUT2D eigenvalue weighted by atomic mass is 10.0. The van der Waals surface area contributed by atoms with E-state index < -0.39 is 0 Å². The van der Waals surface area contributed by atoms with Gasteiger partial charge >= 0.3 is 0 Å². The number of amides is 1. The topological polar surface area (TPSA) is 50.4 Å². The normalized spacial score (nSPS) is 16.8. The number of hydrogen-bond donors (Lipinski definition) is 2. The molecular weight excluding hydrogens is 324 g/mol. The fraction of sp³-hybridized carbons (Fsp3) is 0.316. The van der Waals surface area contributed by atoms with Crippen molar-refractivity contribution in [3.63, 3.8) is 0 Å². The summed E-state index contributed by atoms with van der Waals surface area (Å²) in [7, 11) is 0. The van der Waals surface area contributed by atoms with Crippen molar-refractivity contribution in [1.29, 1.82) is 0 Å². The Hall–Kier alpha value is -2.04. The van der Waals surface area contributed by atoms with Crippen LogP contribution in [0.5, 0.6) is 11.5 Å². The third kappa shape index (κ3) is 4.73. The summed E-state index contributed by atoms with van der Waals surface area (Å²) in [5.74, 6) is 1.98. The Balaban J connectivity index is 1.50. The standard InChI is InChI=1S/C19H21ClN2O2/c20-17-3-1-2-4-18(17)24-16-8-6-15(7-9-16)22-19(23)10-5-14-11-12-21-13-14/h1-4,6-9,14,21H,5,10-13H2,(H,22,23). The van der Waals surface area contributed by atoms with Gasteiger partial charge in [0, 0.05) is 12.1 Å². The van der Waals surface area contributed by atoms with Gasteiger partial charge in [0.05, 0.1) is 5.02 Å². The van der Waals surface area contributed by atoms with E-state index in [1.807, 2.05) is 42.5 Å². The summed E-state index contributed by atoms with van der Waals surface area (Å²) in [6, 6.07) is 14.6. The molecule has 1 aliphatic rings. The first kappa shape index (κ1) is 16.8. The summed E-state index contributed by atoms with van der Waals surface area (Å²) in [4.78, 5) is 12.0. The molecule has 0 aromatic heterocycles. The molecule has 1 aliphatic heterocycles. The van der Waals surface area contributed by atoms with E-state index in [4.69, 9.17) is 16.3 Å². The number of halogens is 1. The summed E-state index contributed by atoms with van der Waals surface area (Å²) in [6.45, 7) is 2.10. The summed E-state index contributed by atoms with van der Waals surface area (Å²) in [5, 5.41) is 6.81. The van der Waals surface area contributed by atoms with E-state index in [1.165, 1.54) is 6.42 Å². The zero-order chi connectivity index (χ0) is 16.8. The lowest BCUT2D eigenvalue weighted by molar-refractivity contribution is -0.116. The van der Waals surface area contributed by atoms with Crippen molar-refractivity contribution in [2.45, 2.75) is 19.3 Å². The van der Waals surface area contributed by atoms with E-state index in [2.05, 4.69) is 10.6 Å². The molecule has 1 saturated heterocycles. The van der Waals surface area contributed by atoms with E-state index in [0.717, 1.165) is 25.2 Å². The predicted molar refractivity (Wildman–Crippen MR) is 96.8 cm³/mol. The third-order valence-electron chi connectivity index (χ3n) is 4.14. The van der Waals surface area contributed by atoms with Gasteiger partial charge in [-0.05, 0) is 68.2 Å². The second-order valence-electron chi connectivity index (χ2n) is 6.00.